The van der Waals surface area contributed by atoms with Crippen LogP contribution < -0.4 is 10.5 Å². The molecule has 1 aromatic carbocycles. The third-order valence-electron chi connectivity index (χ3n) is 4.80. The number of amides is 1. The van der Waals surface area contributed by atoms with E-state index in [1.807, 2.05) is 36.1 Å². The summed E-state index contributed by atoms with van der Waals surface area (Å²) in [6, 6.07) is 11.0. The first-order chi connectivity index (χ1) is 13.1. The Morgan fingerprint density at radius 1 is 1.15 bits per heavy atom. The summed E-state index contributed by atoms with van der Waals surface area (Å²) in [5.41, 5.74) is 1.55. The minimum atomic E-state index is -0.141. The number of hydrogen-bond acceptors (Lipinski definition) is 5. The average molecular weight is 431 g/mol. The van der Waals surface area contributed by atoms with Crippen LogP contribution in [0, 0.1) is 0 Å². The number of anilines is 1. The highest BCUT2D eigenvalue weighted by Gasteiger charge is 2.26. The molecule has 0 unspecified atom stereocenters. The minimum Gasteiger partial charge on any atom is -0.444 e. The standard InChI is InChI=1S/C19H19BrN4O3/c1-2-24-14-6-4-3-5-13(14)21-17(19(24)26)22-9-11-23(12-10-22)18(25)15-7-8-16(20)27-15/h3-8H,2,9-12H2,1H3. The molecule has 3 heterocycles. The normalized spacial score (nSPS) is 14.7. The molecule has 1 fully saturated rings. The molecule has 0 aliphatic carbocycles. The zero-order valence-electron chi connectivity index (χ0n) is 14.9. The second-order valence-electron chi connectivity index (χ2n) is 6.36. The SMILES string of the molecule is CCn1c(=O)c(N2CCN(C(=O)c3ccc(Br)o3)CC2)nc2ccccc21. The summed E-state index contributed by atoms with van der Waals surface area (Å²) in [6.45, 7) is 4.67. The molecule has 0 saturated carbocycles. The number of carbonyl (C=O) groups is 1. The van der Waals surface area contributed by atoms with Crippen LogP contribution in [0.5, 0.6) is 0 Å². The quantitative estimate of drug-likeness (QED) is 0.638. The molecule has 1 aliphatic heterocycles. The molecule has 27 heavy (non-hydrogen) atoms. The van der Waals surface area contributed by atoms with E-state index in [0.717, 1.165) is 11.0 Å². The molecule has 7 nitrogen and oxygen atoms in total. The van der Waals surface area contributed by atoms with Gasteiger partial charge >= 0.3 is 0 Å². The maximum atomic E-state index is 12.9. The first-order valence-electron chi connectivity index (χ1n) is 8.87. The number of benzene rings is 1. The number of furan rings is 1. The van der Waals surface area contributed by atoms with Crippen LogP contribution in [0.3, 0.4) is 0 Å². The molecule has 8 heteroatoms. The molecule has 1 saturated heterocycles. The Balaban J connectivity index is 1.57. The number of aromatic nitrogens is 2. The lowest BCUT2D eigenvalue weighted by atomic mass is 10.2. The fourth-order valence-corrected chi connectivity index (χ4v) is 3.71. The number of nitrogens with zero attached hydrogens (tertiary/aromatic N) is 4. The number of aryl methyl sites for hydroxylation is 1. The van der Waals surface area contributed by atoms with Gasteiger partial charge in [-0.05, 0) is 47.1 Å². The number of hydrogen-bond donors (Lipinski definition) is 0. The van der Waals surface area contributed by atoms with Gasteiger partial charge in [0.25, 0.3) is 11.5 Å². The highest BCUT2D eigenvalue weighted by molar-refractivity contribution is 9.10. The molecule has 0 spiro atoms. The van der Waals surface area contributed by atoms with Gasteiger partial charge in [-0.15, -0.1) is 0 Å². The van der Waals surface area contributed by atoms with E-state index in [9.17, 15) is 9.59 Å². The Hall–Kier alpha value is -2.61. The predicted molar refractivity (Wildman–Crippen MR) is 106 cm³/mol. The Morgan fingerprint density at radius 3 is 2.56 bits per heavy atom. The summed E-state index contributed by atoms with van der Waals surface area (Å²) >= 11 is 3.21. The molecular formula is C19H19BrN4O3. The largest absolute Gasteiger partial charge is 0.444 e. The van der Waals surface area contributed by atoms with Crippen molar-refractivity contribution in [3.05, 3.63) is 57.2 Å². The number of fused-ring (bicyclic) bond motifs is 1. The Morgan fingerprint density at radius 2 is 1.89 bits per heavy atom. The highest BCUT2D eigenvalue weighted by Crippen LogP contribution is 2.19. The van der Waals surface area contributed by atoms with Gasteiger partial charge in [0.05, 0.1) is 11.0 Å². The number of halogens is 1. The van der Waals surface area contributed by atoms with Crippen molar-refractivity contribution < 1.29 is 9.21 Å². The summed E-state index contributed by atoms with van der Waals surface area (Å²) < 4.78 is 7.63. The van der Waals surface area contributed by atoms with Gasteiger partial charge in [-0.25, -0.2) is 4.98 Å². The first kappa shape index (κ1) is 17.8. The Bertz CT molecular complexity index is 1050. The van der Waals surface area contributed by atoms with E-state index < -0.39 is 0 Å². The third-order valence-corrected chi connectivity index (χ3v) is 5.23. The lowest BCUT2D eigenvalue weighted by Crippen LogP contribution is -2.50. The van der Waals surface area contributed by atoms with Crippen molar-refractivity contribution in [2.45, 2.75) is 13.5 Å². The van der Waals surface area contributed by atoms with Crippen molar-refractivity contribution in [3.8, 4) is 0 Å². The van der Waals surface area contributed by atoms with Gasteiger partial charge in [-0.3, -0.25) is 9.59 Å². The van der Waals surface area contributed by atoms with Gasteiger partial charge in [0.15, 0.2) is 16.2 Å². The molecule has 3 aromatic rings. The zero-order chi connectivity index (χ0) is 19.0. The minimum absolute atomic E-state index is 0.0917. The molecule has 4 rings (SSSR count). The number of para-hydroxylation sites is 2. The molecule has 2 aromatic heterocycles. The van der Waals surface area contributed by atoms with Crippen molar-refractivity contribution >= 4 is 38.7 Å². The van der Waals surface area contributed by atoms with Crippen molar-refractivity contribution in [2.75, 3.05) is 31.1 Å². The highest BCUT2D eigenvalue weighted by atomic mass is 79.9. The Kier molecular flexibility index (Phi) is 4.73. The van der Waals surface area contributed by atoms with E-state index in [-0.39, 0.29) is 11.5 Å². The van der Waals surface area contributed by atoms with Crippen LogP contribution in [0.2, 0.25) is 0 Å². The van der Waals surface area contributed by atoms with E-state index in [0.29, 0.717) is 49.0 Å². The van der Waals surface area contributed by atoms with Crippen molar-refractivity contribution in [1.82, 2.24) is 14.5 Å². The first-order valence-corrected chi connectivity index (χ1v) is 9.67. The summed E-state index contributed by atoms with van der Waals surface area (Å²) in [5.74, 6) is 0.619. The van der Waals surface area contributed by atoms with Crippen LogP contribution in [-0.4, -0.2) is 46.5 Å². The van der Waals surface area contributed by atoms with Crippen LogP contribution in [0.25, 0.3) is 11.0 Å². The molecule has 140 valence electrons. The average Bonchev–Trinajstić information content (AvgIpc) is 3.13. The second-order valence-corrected chi connectivity index (χ2v) is 7.14. The molecule has 0 atom stereocenters. The summed E-state index contributed by atoms with van der Waals surface area (Å²) in [5, 5.41) is 0. The van der Waals surface area contributed by atoms with Gasteiger partial charge < -0.3 is 18.8 Å². The third kappa shape index (κ3) is 3.25. The maximum Gasteiger partial charge on any atom is 0.293 e. The molecule has 1 aliphatic rings. The molecule has 0 radical (unpaired) electrons. The zero-order valence-corrected chi connectivity index (χ0v) is 16.5. The fraction of sp³-hybridized carbons (Fsp3) is 0.316. The van der Waals surface area contributed by atoms with E-state index in [4.69, 9.17) is 4.42 Å². The molecule has 1 amide bonds. The molecule has 0 bridgehead atoms. The van der Waals surface area contributed by atoms with Crippen LogP contribution >= 0.6 is 15.9 Å². The lowest BCUT2D eigenvalue weighted by molar-refractivity contribution is 0.0713. The predicted octanol–water partition coefficient (Wildman–Crippen LogP) is 2.73. The molecule has 0 N–H and O–H groups in total. The van der Waals surface area contributed by atoms with Gasteiger partial charge in [0.1, 0.15) is 0 Å². The number of piperazine rings is 1. The molecular weight excluding hydrogens is 412 g/mol. The summed E-state index contributed by atoms with van der Waals surface area (Å²) in [7, 11) is 0. The van der Waals surface area contributed by atoms with E-state index in [1.165, 1.54) is 0 Å². The number of carbonyl (C=O) groups excluding carboxylic acids is 1. The van der Waals surface area contributed by atoms with Crippen molar-refractivity contribution in [1.29, 1.82) is 0 Å². The van der Waals surface area contributed by atoms with Gasteiger partial charge in [0, 0.05) is 32.7 Å². The maximum absolute atomic E-state index is 12.9. The lowest BCUT2D eigenvalue weighted by Gasteiger charge is -2.34. The number of rotatable bonds is 3. The van der Waals surface area contributed by atoms with Crippen LogP contribution in [0.4, 0.5) is 5.82 Å². The summed E-state index contributed by atoms with van der Waals surface area (Å²) in [4.78, 5) is 33.7. The van der Waals surface area contributed by atoms with Crippen LogP contribution in [0.15, 0.2) is 50.3 Å². The van der Waals surface area contributed by atoms with Gasteiger partial charge in [0.2, 0.25) is 0 Å². The van der Waals surface area contributed by atoms with Crippen molar-refractivity contribution in [2.24, 2.45) is 0 Å². The van der Waals surface area contributed by atoms with Crippen molar-refractivity contribution in [3.63, 3.8) is 0 Å². The second kappa shape index (κ2) is 7.19. The van der Waals surface area contributed by atoms with Crippen LogP contribution in [0.1, 0.15) is 17.5 Å². The van der Waals surface area contributed by atoms with E-state index >= 15 is 0 Å². The van der Waals surface area contributed by atoms with E-state index in [1.54, 1.807) is 21.6 Å². The topological polar surface area (TPSA) is 71.6 Å². The van der Waals surface area contributed by atoms with Gasteiger partial charge in [-0.2, -0.15) is 0 Å². The fourth-order valence-electron chi connectivity index (χ4n) is 3.41. The smallest absolute Gasteiger partial charge is 0.293 e. The Labute approximate surface area is 164 Å². The van der Waals surface area contributed by atoms with Crippen LogP contribution in [-0.2, 0) is 6.54 Å². The van der Waals surface area contributed by atoms with E-state index in [2.05, 4.69) is 20.9 Å². The van der Waals surface area contributed by atoms with Gasteiger partial charge in [-0.1, -0.05) is 12.1 Å². The summed E-state index contributed by atoms with van der Waals surface area (Å²) in [6.07, 6.45) is 0. The monoisotopic (exact) mass is 430 g/mol.